The van der Waals surface area contributed by atoms with Gasteiger partial charge in [-0.15, -0.1) is 0 Å². The number of carbonyl (C=O) groups excluding carboxylic acids is 1. The van der Waals surface area contributed by atoms with E-state index in [4.69, 9.17) is 9.26 Å². The maximum atomic E-state index is 11.5. The lowest BCUT2D eigenvalue weighted by Gasteiger charge is -2.00. The normalized spacial score (nSPS) is 10.8. The van der Waals surface area contributed by atoms with E-state index < -0.39 is 5.97 Å². The fourth-order valence-corrected chi connectivity index (χ4v) is 2.35. The third-order valence-corrected chi connectivity index (χ3v) is 3.43. The van der Waals surface area contributed by atoms with Gasteiger partial charge >= 0.3 is 5.97 Å². The van der Waals surface area contributed by atoms with Crippen molar-refractivity contribution in [1.29, 1.82) is 0 Å². The van der Waals surface area contributed by atoms with Crippen LogP contribution in [0.1, 0.15) is 17.5 Å². The van der Waals surface area contributed by atoms with Crippen molar-refractivity contribution < 1.29 is 14.1 Å². The van der Waals surface area contributed by atoms with Crippen LogP contribution >= 0.6 is 15.9 Å². The molecule has 0 saturated heterocycles. The van der Waals surface area contributed by atoms with Crippen LogP contribution in [0.3, 0.4) is 0 Å². The summed E-state index contributed by atoms with van der Waals surface area (Å²) in [6.07, 6.45) is 0. The largest absolute Gasteiger partial charge is 0.460 e. The predicted molar refractivity (Wildman–Crippen MR) is 80.9 cm³/mol. The maximum absolute atomic E-state index is 11.5. The Bertz CT molecular complexity index is 814. The van der Waals surface area contributed by atoms with Crippen molar-refractivity contribution in [2.45, 2.75) is 6.92 Å². The van der Waals surface area contributed by atoms with E-state index in [0.29, 0.717) is 5.89 Å². The lowest BCUT2D eigenvalue weighted by Crippen LogP contribution is -2.06. The van der Waals surface area contributed by atoms with Crippen LogP contribution in [0.15, 0.2) is 45.4 Å². The first-order valence-corrected chi connectivity index (χ1v) is 7.17. The highest BCUT2D eigenvalue weighted by Crippen LogP contribution is 2.25. The van der Waals surface area contributed by atoms with Crippen molar-refractivity contribution in [3.05, 3.63) is 46.7 Å². The average Bonchev–Trinajstić information content (AvgIpc) is 2.97. The van der Waals surface area contributed by atoms with E-state index in [2.05, 4.69) is 26.1 Å². The highest BCUT2D eigenvalue weighted by atomic mass is 79.9. The SMILES string of the molecule is CCOC(=O)c1noc(-c2ccc3cc(Br)ccc3c2)n1. The zero-order chi connectivity index (χ0) is 14.8. The number of nitrogens with zero attached hydrogens (tertiary/aromatic N) is 2. The van der Waals surface area contributed by atoms with Crippen LogP contribution < -0.4 is 0 Å². The molecule has 21 heavy (non-hydrogen) atoms. The number of hydrogen-bond donors (Lipinski definition) is 0. The molecule has 1 aromatic heterocycles. The minimum Gasteiger partial charge on any atom is -0.460 e. The molecule has 3 aromatic rings. The summed E-state index contributed by atoms with van der Waals surface area (Å²) in [5.41, 5.74) is 0.757. The first-order valence-electron chi connectivity index (χ1n) is 6.38. The molecular formula is C15H11BrN2O3. The molecule has 0 N–H and O–H groups in total. The number of fused-ring (bicyclic) bond motifs is 1. The van der Waals surface area contributed by atoms with Crippen LogP contribution in [0, 0.1) is 0 Å². The van der Waals surface area contributed by atoms with Gasteiger partial charge in [0.2, 0.25) is 0 Å². The fraction of sp³-hybridized carbons (Fsp3) is 0.133. The number of rotatable bonds is 3. The third kappa shape index (κ3) is 2.80. The number of halogens is 1. The van der Waals surface area contributed by atoms with Crippen molar-refractivity contribution in [2.75, 3.05) is 6.61 Å². The molecule has 0 radical (unpaired) electrons. The van der Waals surface area contributed by atoms with Crippen molar-refractivity contribution in [1.82, 2.24) is 10.1 Å². The minimum atomic E-state index is -0.586. The van der Waals surface area contributed by atoms with Crippen LogP contribution in [0.4, 0.5) is 0 Å². The van der Waals surface area contributed by atoms with Gasteiger partial charge in [0.25, 0.3) is 11.7 Å². The standard InChI is InChI=1S/C15H11BrN2O3/c1-2-20-15(19)13-17-14(21-18-13)11-4-3-10-8-12(16)6-5-9(10)7-11/h3-8H,2H2,1H3. The third-order valence-electron chi connectivity index (χ3n) is 2.93. The molecule has 1 heterocycles. The van der Waals surface area contributed by atoms with Crippen LogP contribution in [0.25, 0.3) is 22.2 Å². The van der Waals surface area contributed by atoms with Crippen molar-refractivity contribution in [3.63, 3.8) is 0 Å². The molecule has 0 amide bonds. The Hall–Kier alpha value is -2.21. The Kier molecular flexibility index (Phi) is 3.70. The quantitative estimate of drug-likeness (QED) is 0.674. The number of hydrogen-bond acceptors (Lipinski definition) is 5. The summed E-state index contributed by atoms with van der Waals surface area (Å²) in [5, 5.41) is 5.78. The monoisotopic (exact) mass is 346 g/mol. The number of benzene rings is 2. The van der Waals surface area contributed by atoms with Crippen LogP contribution in [0.2, 0.25) is 0 Å². The molecule has 0 unspecified atom stereocenters. The summed E-state index contributed by atoms with van der Waals surface area (Å²) in [5.74, 6) is -0.358. The van der Waals surface area contributed by atoms with Crippen LogP contribution in [-0.4, -0.2) is 22.7 Å². The van der Waals surface area contributed by atoms with E-state index in [1.807, 2.05) is 36.4 Å². The summed E-state index contributed by atoms with van der Waals surface area (Å²) >= 11 is 3.44. The molecule has 0 atom stereocenters. The lowest BCUT2D eigenvalue weighted by atomic mass is 10.1. The van der Waals surface area contributed by atoms with Gasteiger partial charge in [-0.25, -0.2) is 4.79 Å². The summed E-state index contributed by atoms with van der Waals surface area (Å²) in [6, 6.07) is 11.7. The van der Waals surface area contributed by atoms with Gasteiger partial charge in [0, 0.05) is 10.0 Å². The highest BCUT2D eigenvalue weighted by Gasteiger charge is 2.16. The molecule has 0 fully saturated rings. The van der Waals surface area contributed by atoms with Gasteiger partial charge in [-0.05, 0) is 47.1 Å². The summed E-state index contributed by atoms with van der Waals surface area (Å²) in [4.78, 5) is 15.6. The van der Waals surface area contributed by atoms with E-state index in [1.54, 1.807) is 6.92 Å². The number of carbonyl (C=O) groups is 1. The summed E-state index contributed by atoms with van der Waals surface area (Å²) in [6.45, 7) is 1.99. The summed E-state index contributed by atoms with van der Waals surface area (Å²) < 4.78 is 11.0. The molecule has 2 aromatic carbocycles. The van der Waals surface area contributed by atoms with E-state index in [0.717, 1.165) is 20.8 Å². The van der Waals surface area contributed by atoms with Gasteiger partial charge in [0.15, 0.2) is 0 Å². The molecule has 0 aliphatic rings. The molecule has 0 saturated carbocycles. The number of aromatic nitrogens is 2. The topological polar surface area (TPSA) is 65.2 Å². The Balaban J connectivity index is 1.97. The van der Waals surface area contributed by atoms with Gasteiger partial charge in [-0.1, -0.05) is 28.1 Å². The molecule has 0 spiro atoms. The first kappa shape index (κ1) is 13.8. The Labute approximate surface area is 129 Å². The van der Waals surface area contributed by atoms with Crippen LogP contribution in [0.5, 0.6) is 0 Å². The Morgan fingerprint density at radius 3 is 2.81 bits per heavy atom. The molecule has 3 rings (SSSR count). The molecular weight excluding hydrogens is 336 g/mol. The number of ether oxygens (including phenoxy) is 1. The van der Waals surface area contributed by atoms with Crippen molar-refractivity contribution >= 4 is 32.7 Å². The predicted octanol–water partition coefficient (Wildman–Crippen LogP) is 3.83. The second-order valence-electron chi connectivity index (χ2n) is 4.35. The van der Waals surface area contributed by atoms with E-state index in [-0.39, 0.29) is 12.4 Å². The second-order valence-corrected chi connectivity index (χ2v) is 5.27. The maximum Gasteiger partial charge on any atom is 0.379 e. The molecule has 0 aliphatic carbocycles. The van der Waals surface area contributed by atoms with Gasteiger partial charge in [-0.2, -0.15) is 4.98 Å². The van der Waals surface area contributed by atoms with Gasteiger partial charge < -0.3 is 9.26 Å². The Morgan fingerprint density at radius 2 is 2.00 bits per heavy atom. The smallest absolute Gasteiger partial charge is 0.379 e. The molecule has 5 nitrogen and oxygen atoms in total. The zero-order valence-electron chi connectivity index (χ0n) is 11.2. The van der Waals surface area contributed by atoms with Gasteiger partial charge in [0.05, 0.1) is 6.61 Å². The van der Waals surface area contributed by atoms with Crippen molar-refractivity contribution in [2.24, 2.45) is 0 Å². The fourth-order valence-electron chi connectivity index (χ4n) is 1.97. The van der Waals surface area contributed by atoms with Crippen LogP contribution in [-0.2, 0) is 4.74 Å². The zero-order valence-corrected chi connectivity index (χ0v) is 12.8. The summed E-state index contributed by atoms with van der Waals surface area (Å²) in [7, 11) is 0. The Morgan fingerprint density at radius 1 is 1.24 bits per heavy atom. The van der Waals surface area contributed by atoms with E-state index in [1.165, 1.54) is 0 Å². The molecule has 6 heteroatoms. The average molecular weight is 347 g/mol. The first-order chi connectivity index (χ1) is 10.2. The molecule has 106 valence electrons. The molecule has 0 aliphatic heterocycles. The minimum absolute atomic E-state index is 0.0669. The molecule has 0 bridgehead atoms. The van der Waals surface area contributed by atoms with Gasteiger partial charge in [0.1, 0.15) is 0 Å². The van der Waals surface area contributed by atoms with Gasteiger partial charge in [-0.3, -0.25) is 0 Å². The number of esters is 1. The second kappa shape index (κ2) is 5.65. The van der Waals surface area contributed by atoms with Crippen molar-refractivity contribution in [3.8, 4) is 11.5 Å². The lowest BCUT2D eigenvalue weighted by molar-refractivity contribution is 0.0508. The van der Waals surface area contributed by atoms with E-state index in [9.17, 15) is 4.79 Å². The highest BCUT2D eigenvalue weighted by molar-refractivity contribution is 9.10. The van der Waals surface area contributed by atoms with E-state index >= 15 is 0 Å².